The Balaban J connectivity index is 1.69. The summed E-state index contributed by atoms with van der Waals surface area (Å²) < 4.78 is 27.5. The fraction of sp³-hybridized carbons (Fsp3) is 0.625. The van der Waals surface area contributed by atoms with E-state index in [1.54, 1.807) is 6.07 Å². The second-order valence-electron chi connectivity index (χ2n) is 6.25. The molecule has 1 saturated carbocycles. The van der Waals surface area contributed by atoms with Crippen molar-refractivity contribution in [1.82, 2.24) is 4.72 Å². The lowest BCUT2D eigenvalue weighted by atomic mass is 9.87. The van der Waals surface area contributed by atoms with Crippen LogP contribution in [0.4, 0.5) is 0 Å². The first-order chi connectivity index (χ1) is 10.1. The van der Waals surface area contributed by atoms with E-state index in [1.807, 2.05) is 12.1 Å². The summed E-state index contributed by atoms with van der Waals surface area (Å²) in [7, 11) is -3.47. The van der Waals surface area contributed by atoms with E-state index in [-0.39, 0.29) is 12.0 Å². The largest absolute Gasteiger partial charge is 0.393 e. The van der Waals surface area contributed by atoms with Gasteiger partial charge in [0.05, 0.1) is 11.0 Å². The van der Waals surface area contributed by atoms with Crippen LogP contribution in [0, 0.1) is 5.92 Å². The standard InChI is InChI=1S/C16H23NO3S/c18-16-7-2-1-4-14(16)11-17-21(19,20)15-9-8-12-5-3-6-13(12)10-15/h8-10,14,16-18H,1-7,11H2. The van der Waals surface area contributed by atoms with Gasteiger partial charge in [0.2, 0.25) is 10.0 Å². The summed E-state index contributed by atoms with van der Waals surface area (Å²) in [6.07, 6.45) is 6.55. The van der Waals surface area contributed by atoms with Crippen molar-refractivity contribution in [1.29, 1.82) is 0 Å². The van der Waals surface area contributed by atoms with Crippen LogP contribution in [0.1, 0.15) is 43.2 Å². The van der Waals surface area contributed by atoms with Gasteiger partial charge in [0.15, 0.2) is 0 Å². The minimum Gasteiger partial charge on any atom is -0.393 e. The summed E-state index contributed by atoms with van der Waals surface area (Å²) in [4.78, 5) is 0.355. The lowest BCUT2D eigenvalue weighted by Crippen LogP contribution is -2.36. The molecule has 1 aromatic carbocycles. The second kappa shape index (κ2) is 6.07. The Morgan fingerprint density at radius 3 is 2.67 bits per heavy atom. The smallest absolute Gasteiger partial charge is 0.240 e. The predicted octanol–water partition coefficient (Wildman–Crippen LogP) is 2.00. The van der Waals surface area contributed by atoms with E-state index < -0.39 is 10.0 Å². The molecule has 0 spiro atoms. The Hall–Kier alpha value is -0.910. The maximum atomic E-state index is 12.4. The average molecular weight is 309 g/mol. The van der Waals surface area contributed by atoms with Crippen LogP contribution in [0.2, 0.25) is 0 Å². The molecule has 116 valence electrons. The molecule has 0 radical (unpaired) electrons. The molecule has 2 aliphatic carbocycles. The third-order valence-corrected chi connectivity index (χ3v) is 6.21. The van der Waals surface area contributed by atoms with Crippen molar-refractivity contribution < 1.29 is 13.5 Å². The summed E-state index contributed by atoms with van der Waals surface area (Å²) in [5.74, 6) is 0.0444. The zero-order chi connectivity index (χ0) is 14.9. The van der Waals surface area contributed by atoms with Crippen LogP contribution in [0.15, 0.2) is 23.1 Å². The van der Waals surface area contributed by atoms with Crippen LogP contribution in [0.3, 0.4) is 0 Å². The topological polar surface area (TPSA) is 66.4 Å². The Labute approximate surface area is 126 Å². The van der Waals surface area contributed by atoms with E-state index in [0.717, 1.165) is 50.5 Å². The number of sulfonamides is 1. The Bertz CT molecular complexity index is 612. The second-order valence-corrected chi connectivity index (χ2v) is 8.01. The summed E-state index contributed by atoms with van der Waals surface area (Å²) in [5, 5.41) is 9.93. The molecular formula is C16H23NO3S. The zero-order valence-corrected chi connectivity index (χ0v) is 13.0. The van der Waals surface area contributed by atoms with Gasteiger partial charge in [0, 0.05) is 6.54 Å². The molecule has 0 aliphatic heterocycles. The molecule has 5 heteroatoms. The lowest BCUT2D eigenvalue weighted by Gasteiger charge is -2.27. The highest BCUT2D eigenvalue weighted by Crippen LogP contribution is 2.26. The average Bonchev–Trinajstić information content (AvgIpc) is 2.94. The maximum absolute atomic E-state index is 12.4. The molecule has 2 unspecified atom stereocenters. The van der Waals surface area contributed by atoms with E-state index in [2.05, 4.69) is 4.72 Å². The number of aliphatic hydroxyl groups excluding tert-OH is 1. The number of benzene rings is 1. The van der Waals surface area contributed by atoms with E-state index in [0.29, 0.717) is 11.4 Å². The van der Waals surface area contributed by atoms with Crippen molar-refractivity contribution in [3.05, 3.63) is 29.3 Å². The molecule has 2 atom stereocenters. The number of rotatable bonds is 4. The first-order valence-electron chi connectivity index (χ1n) is 7.86. The van der Waals surface area contributed by atoms with Gasteiger partial charge in [-0.15, -0.1) is 0 Å². The number of aryl methyl sites for hydroxylation is 2. The van der Waals surface area contributed by atoms with Gasteiger partial charge in [-0.25, -0.2) is 13.1 Å². The molecule has 0 heterocycles. The van der Waals surface area contributed by atoms with Crippen LogP contribution in [0.5, 0.6) is 0 Å². The molecule has 1 aromatic rings. The Morgan fingerprint density at radius 1 is 1.10 bits per heavy atom. The van der Waals surface area contributed by atoms with Crippen molar-refractivity contribution >= 4 is 10.0 Å². The minimum atomic E-state index is -3.47. The van der Waals surface area contributed by atoms with Gasteiger partial charge < -0.3 is 5.11 Å². The number of nitrogens with one attached hydrogen (secondary N) is 1. The van der Waals surface area contributed by atoms with Gasteiger partial charge >= 0.3 is 0 Å². The van der Waals surface area contributed by atoms with Crippen molar-refractivity contribution in [3.63, 3.8) is 0 Å². The Morgan fingerprint density at radius 2 is 1.86 bits per heavy atom. The number of hydrogen-bond donors (Lipinski definition) is 2. The lowest BCUT2D eigenvalue weighted by molar-refractivity contribution is 0.0724. The van der Waals surface area contributed by atoms with Crippen molar-refractivity contribution in [3.8, 4) is 0 Å². The number of fused-ring (bicyclic) bond motifs is 1. The fourth-order valence-electron chi connectivity index (χ4n) is 3.44. The highest BCUT2D eigenvalue weighted by molar-refractivity contribution is 7.89. The third kappa shape index (κ3) is 3.30. The monoisotopic (exact) mass is 309 g/mol. The molecule has 2 aliphatic rings. The molecule has 4 nitrogen and oxygen atoms in total. The van der Waals surface area contributed by atoms with Crippen LogP contribution < -0.4 is 4.72 Å². The Kier molecular flexibility index (Phi) is 4.33. The molecule has 0 amide bonds. The van der Waals surface area contributed by atoms with Crippen LogP contribution in [-0.4, -0.2) is 26.2 Å². The number of aliphatic hydroxyl groups is 1. The van der Waals surface area contributed by atoms with Crippen molar-refractivity contribution in [2.45, 2.75) is 55.9 Å². The normalized spacial score (nSPS) is 25.8. The molecule has 21 heavy (non-hydrogen) atoms. The summed E-state index contributed by atoms with van der Waals surface area (Å²) >= 11 is 0. The predicted molar refractivity (Wildman–Crippen MR) is 81.6 cm³/mol. The van der Waals surface area contributed by atoms with Crippen LogP contribution in [-0.2, 0) is 22.9 Å². The van der Waals surface area contributed by atoms with Gasteiger partial charge in [-0.3, -0.25) is 0 Å². The highest BCUT2D eigenvalue weighted by atomic mass is 32.2. The van der Waals surface area contributed by atoms with Gasteiger partial charge in [0.25, 0.3) is 0 Å². The van der Waals surface area contributed by atoms with Crippen LogP contribution in [0.25, 0.3) is 0 Å². The summed E-state index contributed by atoms with van der Waals surface area (Å²) in [5.41, 5.74) is 2.44. The molecule has 3 rings (SSSR count). The third-order valence-electron chi connectivity index (χ3n) is 4.78. The van der Waals surface area contributed by atoms with Gasteiger partial charge in [-0.1, -0.05) is 18.9 Å². The summed E-state index contributed by atoms with van der Waals surface area (Å²) in [6.45, 7) is 0.334. The van der Waals surface area contributed by atoms with Crippen molar-refractivity contribution in [2.75, 3.05) is 6.54 Å². The fourth-order valence-corrected chi connectivity index (χ4v) is 4.59. The molecule has 0 saturated heterocycles. The minimum absolute atomic E-state index is 0.0444. The zero-order valence-electron chi connectivity index (χ0n) is 12.2. The molecule has 1 fully saturated rings. The highest BCUT2D eigenvalue weighted by Gasteiger charge is 2.25. The van der Waals surface area contributed by atoms with Gasteiger partial charge in [-0.2, -0.15) is 0 Å². The van der Waals surface area contributed by atoms with E-state index in [4.69, 9.17) is 0 Å². The molecular weight excluding hydrogens is 286 g/mol. The maximum Gasteiger partial charge on any atom is 0.240 e. The molecule has 0 bridgehead atoms. The molecule has 2 N–H and O–H groups in total. The molecule has 0 aromatic heterocycles. The van der Waals surface area contributed by atoms with E-state index >= 15 is 0 Å². The first-order valence-corrected chi connectivity index (χ1v) is 9.34. The van der Waals surface area contributed by atoms with E-state index in [9.17, 15) is 13.5 Å². The first kappa shape index (κ1) is 15.0. The van der Waals surface area contributed by atoms with Gasteiger partial charge in [-0.05, 0) is 61.3 Å². The quantitative estimate of drug-likeness (QED) is 0.894. The van der Waals surface area contributed by atoms with E-state index in [1.165, 1.54) is 5.56 Å². The summed E-state index contributed by atoms with van der Waals surface area (Å²) in [6, 6.07) is 5.44. The SMILES string of the molecule is O=S(=O)(NCC1CCCCC1O)c1ccc2c(c1)CCC2. The van der Waals surface area contributed by atoms with Crippen molar-refractivity contribution in [2.24, 2.45) is 5.92 Å². The van der Waals surface area contributed by atoms with Crippen LogP contribution >= 0.6 is 0 Å². The van der Waals surface area contributed by atoms with Gasteiger partial charge in [0.1, 0.15) is 0 Å². The number of hydrogen-bond acceptors (Lipinski definition) is 3.